The summed E-state index contributed by atoms with van der Waals surface area (Å²) in [5.41, 5.74) is 0. The molecule has 2 heteroatoms. The van der Waals surface area contributed by atoms with Gasteiger partial charge in [0.2, 0.25) is 0 Å². The number of ether oxygens (including phenoxy) is 1. The number of rotatable bonds is 2. The van der Waals surface area contributed by atoms with E-state index in [1.165, 1.54) is 0 Å². The molecule has 2 unspecified atom stereocenters. The lowest BCUT2D eigenvalue weighted by atomic mass is 10.3. The second-order valence-electron chi connectivity index (χ2n) is 2.44. The SMILES string of the molecule is CCC1OC1N(C)C. The summed E-state index contributed by atoms with van der Waals surface area (Å²) >= 11 is 0. The third-order valence-electron chi connectivity index (χ3n) is 1.47. The van der Waals surface area contributed by atoms with Crippen LogP contribution < -0.4 is 0 Å². The summed E-state index contributed by atoms with van der Waals surface area (Å²) in [7, 11) is 4.08. The van der Waals surface area contributed by atoms with Gasteiger partial charge < -0.3 is 4.74 Å². The average Bonchev–Trinajstić information content (AvgIpc) is 2.42. The fourth-order valence-corrected chi connectivity index (χ4v) is 0.886. The Bertz CT molecular complexity index is 82.6. The van der Waals surface area contributed by atoms with Gasteiger partial charge in [-0.25, -0.2) is 0 Å². The van der Waals surface area contributed by atoms with Gasteiger partial charge in [0, 0.05) is 0 Å². The van der Waals surface area contributed by atoms with Crippen LogP contribution in [0.25, 0.3) is 0 Å². The Morgan fingerprint density at radius 2 is 2.12 bits per heavy atom. The van der Waals surface area contributed by atoms with E-state index in [2.05, 4.69) is 11.8 Å². The Kier molecular flexibility index (Phi) is 1.54. The molecule has 1 aliphatic rings. The highest BCUT2D eigenvalue weighted by Gasteiger charge is 2.38. The van der Waals surface area contributed by atoms with Crippen LogP contribution >= 0.6 is 0 Å². The van der Waals surface area contributed by atoms with Gasteiger partial charge in [-0.3, -0.25) is 4.90 Å². The van der Waals surface area contributed by atoms with Gasteiger partial charge in [0.25, 0.3) is 0 Å². The van der Waals surface area contributed by atoms with Crippen LogP contribution in [-0.4, -0.2) is 31.3 Å². The van der Waals surface area contributed by atoms with Gasteiger partial charge in [-0.1, -0.05) is 6.92 Å². The summed E-state index contributed by atoms with van der Waals surface area (Å²) in [5.74, 6) is 0. The number of epoxide rings is 1. The van der Waals surface area contributed by atoms with Crippen molar-refractivity contribution in [3.8, 4) is 0 Å². The van der Waals surface area contributed by atoms with E-state index in [-0.39, 0.29) is 0 Å². The molecule has 0 aromatic heterocycles. The molecule has 0 aliphatic carbocycles. The predicted molar refractivity (Wildman–Crippen MR) is 32.6 cm³/mol. The van der Waals surface area contributed by atoms with E-state index in [4.69, 9.17) is 4.74 Å². The molecule has 1 saturated heterocycles. The lowest BCUT2D eigenvalue weighted by molar-refractivity contribution is 0.244. The van der Waals surface area contributed by atoms with Crippen molar-refractivity contribution in [1.29, 1.82) is 0 Å². The van der Waals surface area contributed by atoms with Gasteiger partial charge in [0.15, 0.2) is 0 Å². The zero-order chi connectivity index (χ0) is 6.15. The fourth-order valence-electron chi connectivity index (χ4n) is 0.886. The third kappa shape index (κ3) is 1.01. The fraction of sp³-hybridized carbons (Fsp3) is 1.00. The van der Waals surface area contributed by atoms with Crippen LogP contribution in [-0.2, 0) is 4.74 Å². The third-order valence-corrected chi connectivity index (χ3v) is 1.47. The van der Waals surface area contributed by atoms with Gasteiger partial charge in [-0.05, 0) is 20.5 Å². The maximum atomic E-state index is 5.25. The van der Waals surface area contributed by atoms with E-state index in [1.54, 1.807) is 0 Å². The molecule has 0 aromatic carbocycles. The molecule has 0 spiro atoms. The summed E-state index contributed by atoms with van der Waals surface area (Å²) in [6, 6.07) is 0. The first-order chi connectivity index (χ1) is 3.75. The Hall–Kier alpha value is -0.0800. The van der Waals surface area contributed by atoms with Crippen molar-refractivity contribution < 1.29 is 4.74 Å². The van der Waals surface area contributed by atoms with E-state index in [0.29, 0.717) is 12.3 Å². The molecule has 0 amide bonds. The number of hydrogen-bond acceptors (Lipinski definition) is 2. The molecule has 0 aromatic rings. The van der Waals surface area contributed by atoms with Crippen LogP contribution in [0.2, 0.25) is 0 Å². The molecule has 2 atom stereocenters. The summed E-state index contributed by atoms with van der Waals surface area (Å²) in [6.45, 7) is 2.15. The van der Waals surface area contributed by atoms with Crippen molar-refractivity contribution in [3.63, 3.8) is 0 Å². The molecule has 0 N–H and O–H groups in total. The second-order valence-corrected chi connectivity index (χ2v) is 2.44. The van der Waals surface area contributed by atoms with Crippen molar-refractivity contribution in [2.24, 2.45) is 0 Å². The lowest BCUT2D eigenvalue weighted by Gasteiger charge is -2.01. The van der Waals surface area contributed by atoms with Gasteiger partial charge in [0.1, 0.15) is 6.23 Å². The Balaban J connectivity index is 2.16. The number of hydrogen-bond donors (Lipinski definition) is 0. The Labute approximate surface area is 50.4 Å². The average molecular weight is 115 g/mol. The highest BCUT2D eigenvalue weighted by molar-refractivity contribution is 4.80. The molecule has 1 fully saturated rings. The van der Waals surface area contributed by atoms with Gasteiger partial charge in [-0.15, -0.1) is 0 Å². The van der Waals surface area contributed by atoms with Crippen molar-refractivity contribution in [3.05, 3.63) is 0 Å². The maximum Gasteiger partial charge on any atom is 0.137 e. The Morgan fingerprint density at radius 3 is 2.25 bits per heavy atom. The minimum absolute atomic E-state index is 0.417. The molecule has 1 rings (SSSR count). The standard InChI is InChI=1S/C6H13NO/c1-4-5-6(8-5)7(2)3/h5-6H,4H2,1-3H3. The predicted octanol–water partition coefficient (Wildman–Crippen LogP) is 0.683. The van der Waals surface area contributed by atoms with E-state index in [1.807, 2.05) is 14.1 Å². The Morgan fingerprint density at radius 1 is 1.50 bits per heavy atom. The van der Waals surface area contributed by atoms with E-state index < -0.39 is 0 Å². The van der Waals surface area contributed by atoms with Crippen LogP contribution in [0.5, 0.6) is 0 Å². The second kappa shape index (κ2) is 2.03. The molecular formula is C6H13NO. The molecule has 0 bridgehead atoms. The van der Waals surface area contributed by atoms with Gasteiger partial charge >= 0.3 is 0 Å². The monoisotopic (exact) mass is 115 g/mol. The quantitative estimate of drug-likeness (QED) is 0.492. The van der Waals surface area contributed by atoms with Crippen LogP contribution in [0, 0.1) is 0 Å². The normalized spacial score (nSPS) is 36.0. The topological polar surface area (TPSA) is 15.8 Å². The molecule has 2 nitrogen and oxygen atoms in total. The molecule has 1 heterocycles. The minimum Gasteiger partial charge on any atom is -0.353 e. The van der Waals surface area contributed by atoms with E-state index in [0.717, 1.165) is 6.42 Å². The minimum atomic E-state index is 0.417. The summed E-state index contributed by atoms with van der Waals surface area (Å²) in [6.07, 6.45) is 2.08. The van der Waals surface area contributed by atoms with E-state index >= 15 is 0 Å². The van der Waals surface area contributed by atoms with Gasteiger partial charge in [-0.2, -0.15) is 0 Å². The van der Waals surface area contributed by atoms with Crippen molar-refractivity contribution in [2.45, 2.75) is 25.7 Å². The van der Waals surface area contributed by atoms with Crippen LogP contribution in [0.15, 0.2) is 0 Å². The smallest absolute Gasteiger partial charge is 0.137 e. The molecule has 8 heavy (non-hydrogen) atoms. The van der Waals surface area contributed by atoms with Crippen molar-refractivity contribution in [1.82, 2.24) is 4.90 Å². The van der Waals surface area contributed by atoms with Crippen molar-refractivity contribution >= 4 is 0 Å². The first kappa shape index (κ1) is 6.05. The van der Waals surface area contributed by atoms with E-state index in [9.17, 15) is 0 Å². The largest absolute Gasteiger partial charge is 0.353 e. The zero-order valence-corrected chi connectivity index (χ0v) is 5.72. The highest BCUT2D eigenvalue weighted by atomic mass is 16.6. The van der Waals surface area contributed by atoms with Crippen LogP contribution in [0.3, 0.4) is 0 Å². The maximum absolute atomic E-state index is 5.25. The summed E-state index contributed by atoms with van der Waals surface area (Å²) in [5, 5.41) is 0. The van der Waals surface area contributed by atoms with Crippen LogP contribution in [0.1, 0.15) is 13.3 Å². The molecule has 1 aliphatic heterocycles. The van der Waals surface area contributed by atoms with Crippen LogP contribution in [0.4, 0.5) is 0 Å². The summed E-state index contributed by atoms with van der Waals surface area (Å²) in [4.78, 5) is 2.11. The molecule has 0 radical (unpaired) electrons. The number of likely N-dealkylation sites (N-methyl/N-ethyl adjacent to an activating group) is 1. The lowest BCUT2D eigenvalue weighted by Crippen LogP contribution is -2.17. The molecule has 0 saturated carbocycles. The molecular weight excluding hydrogens is 102 g/mol. The first-order valence-electron chi connectivity index (χ1n) is 3.07. The zero-order valence-electron chi connectivity index (χ0n) is 5.72. The first-order valence-corrected chi connectivity index (χ1v) is 3.07. The van der Waals surface area contributed by atoms with Gasteiger partial charge in [0.05, 0.1) is 6.10 Å². The molecule has 48 valence electrons. The highest BCUT2D eigenvalue weighted by Crippen LogP contribution is 2.25. The number of nitrogens with zero attached hydrogens (tertiary/aromatic N) is 1. The van der Waals surface area contributed by atoms with Crippen molar-refractivity contribution in [2.75, 3.05) is 14.1 Å². The summed E-state index contributed by atoms with van der Waals surface area (Å²) < 4.78 is 5.25.